The Morgan fingerprint density at radius 2 is 1.97 bits per heavy atom. The highest BCUT2D eigenvalue weighted by molar-refractivity contribution is 7.99. The Kier molecular flexibility index (Phi) is 6.94. The number of pyridine rings is 2. The normalized spacial score (nSPS) is 15.0. The molecule has 4 aromatic rings. The molecule has 0 bridgehead atoms. The van der Waals surface area contributed by atoms with Gasteiger partial charge in [0.1, 0.15) is 5.82 Å². The van der Waals surface area contributed by atoms with Crippen LogP contribution in [0.5, 0.6) is 0 Å². The quantitative estimate of drug-likeness (QED) is 0.342. The van der Waals surface area contributed by atoms with Crippen LogP contribution in [-0.2, 0) is 6.42 Å². The fourth-order valence-corrected chi connectivity index (χ4v) is 6.25. The molecule has 4 heterocycles. The Hall–Kier alpha value is -2.74. The van der Waals surface area contributed by atoms with E-state index >= 15 is 0 Å². The van der Waals surface area contributed by atoms with Crippen LogP contribution in [0.25, 0.3) is 21.2 Å². The van der Waals surface area contributed by atoms with Crippen LogP contribution in [0, 0.1) is 0 Å². The second kappa shape index (κ2) is 10.3. The molecule has 0 spiro atoms. The smallest absolute Gasteiger partial charge is 0.256 e. The molecule has 0 atom stereocenters. The topological polar surface area (TPSA) is 58.1 Å². The first-order valence-electron chi connectivity index (χ1n) is 11.7. The number of thiophene rings is 1. The SMILES string of the molecule is CCc1csc(-c2ccc3cnc(NC(=O)c4ccnc(SC5CCN(C)CC5)c4)cc3c2)c1. The number of anilines is 1. The van der Waals surface area contributed by atoms with Crippen molar-refractivity contribution in [3.05, 3.63) is 71.4 Å². The lowest BCUT2D eigenvalue weighted by atomic mass is 10.1. The highest BCUT2D eigenvalue weighted by Gasteiger charge is 2.19. The van der Waals surface area contributed by atoms with Gasteiger partial charge < -0.3 is 10.2 Å². The fraction of sp³-hybridized carbons (Fsp3) is 0.296. The van der Waals surface area contributed by atoms with Gasteiger partial charge in [-0.15, -0.1) is 23.1 Å². The number of fused-ring (bicyclic) bond motifs is 1. The van der Waals surface area contributed by atoms with Gasteiger partial charge in [-0.05, 0) is 91.6 Å². The van der Waals surface area contributed by atoms with Gasteiger partial charge in [-0.2, -0.15) is 0 Å². The minimum atomic E-state index is -0.165. The number of hydrogen-bond acceptors (Lipinski definition) is 6. The number of rotatable bonds is 6. The van der Waals surface area contributed by atoms with Crippen molar-refractivity contribution in [3.8, 4) is 10.4 Å². The zero-order valence-corrected chi connectivity index (χ0v) is 21.1. The van der Waals surface area contributed by atoms with E-state index in [1.54, 1.807) is 35.4 Å². The molecule has 1 saturated heterocycles. The monoisotopic (exact) mass is 488 g/mol. The Labute approximate surface area is 208 Å². The molecule has 3 aromatic heterocycles. The van der Waals surface area contributed by atoms with E-state index in [2.05, 4.69) is 63.8 Å². The number of benzene rings is 1. The maximum atomic E-state index is 13.0. The lowest BCUT2D eigenvalue weighted by molar-refractivity contribution is 0.102. The van der Waals surface area contributed by atoms with Crippen molar-refractivity contribution in [3.63, 3.8) is 0 Å². The maximum absolute atomic E-state index is 13.0. The van der Waals surface area contributed by atoms with Gasteiger partial charge in [-0.3, -0.25) is 4.79 Å². The summed E-state index contributed by atoms with van der Waals surface area (Å²) in [7, 11) is 2.16. The molecule has 1 amide bonds. The first-order chi connectivity index (χ1) is 16.6. The van der Waals surface area contributed by atoms with Crippen LogP contribution in [0.1, 0.15) is 35.7 Å². The molecule has 7 heteroatoms. The number of carbonyl (C=O) groups excluding carboxylic acids is 1. The molecule has 1 N–H and O–H groups in total. The second-order valence-electron chi connectivity index (χ2n) is 8.76. The van der Waals surface area contributed by atoms with E-state index in [0.717, 1.165) is 48.2 Å². The summed E-state index contributed by atoms with van der Waals surface area (Å²) in [6.45, 7) is 4.39. The van der Waals surface area contributed by atoms with Gasteiger partial charge >= 0.3 is 0 Å². The van der Waals surface area contributed by atoms with Crippen LogP contribution in [0.2, 0.25) is 0 Å². The number of nitrogens with zero attached hydrogens (tertiary/aromatic N) is 3. The summed E-state index contributed by atoms with van der Waals surface area (Å²) in [5, 5.41) is 8.75. The van der Waals surface area contributed by atoms with Gasteiger partial charge in [-0.1, -0.05) is 19.1 Å². The van der Waals surface area contributed by atoms with Crippen LogP contribution in [0.4, 0.5) is 5.82 Å². The number of thioether (sulfide) groups is 1. The summed E-state index contributed by atoms with van der Waals surface area (Å²) in [5.74, 6) is 0.387. The second-order valence-corrected chi connectivity index (χ2v) is 11.0. The predicted molar refractivity (Wildman–Crippen MR) is 143 cm³/mol. The largest absolute Gasteiger partial charge is 0.307 e. The molecule has 1 fully saturated rings. The minimum Gasteiger partial charge on any atom is -0.307 e. The summed E-state index contributed by atoms with van der Waals surface area (Å²) in [6.07, 6.45) is 6.87. The van der Waals surface area contributed by atoms with Gasteiger partial charge in [-0.25, -0.2) is 9.97 Å². The first-order valence-corrected chi connectivity index (χ1v) is 13.4. The van der Waals surface area contributed by atoms with Crippen molar-refractivity contribution in [2.24, 2.45) is 0 Å². The van der Waals surface area contributed by atoms with Gasteiger partial charge in [0.05, 0.1) is 5.03 Å². The van der Waals surface area contributed by atoms with Gasteiger partial charge in [0, 0.05) is 33.5 Å². The predicted octanol–water partition coefficient (Wildman–Crippen LogP) is 6.36. The Bertz CT molecular complexity index is 1310. The third kappa shape index (κ3) is 5.32. The first kappa shape index (κ1) is 23.0. The van der Waals surface area contributed by atoms with E-state index in [-0.39, 0.29) is 5.91 Å². The van der Waals surface area contributed by atoms with E-state index in [9.17, 15) is 4.79 Å². The minimum absolute atomic E-state index is 0.165. The summed E-state index contributed by atoms with van der Waals surface area (Å²) in [4.78, 5) is 25.5. The molecule has 0 unspecified atom stereocenters. The summed E-state index contributed by atoms with van der Waals surface area (Å²) < 4.78 is 0. The number of piperidine rings is 1. The molecule has 1 aliphatic heterocycles. The number of aromatic nitrogens is 2. The van der Waals surface area contributed by atoms with Crippen molar-refractivity contribution in [2.75, 3.05) is 25.5 Å². The van der Waals surface area contributed by atoms with E-state index in [4.69, 9.17) is 0 Å². The number of hydrogen-bond donors (Lipinski definition) is 1. The van der Waals surface area contributed by atoms with E-state index < -0.39 is 0 Å². The zero-order valence-electron chi connectivity index (χ0n) is 19.5. The molecule has 1 aromatic carbocycles. The molecule has 5 nitrogen and oxygen atoms in total. The summed E-state index contributed by atoms with van der Waals surface area (Å²) in [5.41, 5.74) is 3.14. The Morgan fingerprint density at radius 1 is 1.12 bits per heavy atom. The number of likely N-dealkylation sites (tertiary alicyclic amines) is 1. The molecule has 34 heavy (non-hydrogen) atoms. The molecular formula is C27H28N4OS2. The van der Waals surface area contributed by atoms with E-state index in [1.165, 1.54) is 16.0 Å². The van der Waals surface area contributed by atoms with Crippen molar-refractivity contribution in [2.45, 2.75) is 36.5 Å². The van der Waals surface area contributed by atoms with Crippen LogP contribution >= 0.6 is 23.1 Å². The number of nitrogens with one attached hydrogen (secondary N) is 1. The Balaban J connectivity index is 1.31. The highest BCUT2D eigenvalue weighted by Crippen LogP contribution is 2.31. The van der Waals surface area contributed by atoms with Crippen molar-refractivity contribution < 1.29 is 4.79 Å². The number of amides is 1. The number of aryl methyl sites for hydroxylation is 1. The standard InChI is InChI=1S/C27H28N4OS2/c1-3-18-12-24(33-17-18)19-4-5-21-16-29-25(14-22(21)13-19)30-27(32)20-6-9-28-26(15-20)34-23-7-10-31(2)11-8-23/h4-6,9,12-17,23H,3,7-8,10-11H2,1-2H3,(H,29,30,32). The average molecular weight is 489 g/mol. The van der Waals surface area contributed by atoms with Crippen molar-refractivity contribution in [1.82, 2.24) is 14.9 Å². The zero-order chi connectivity index (χ0) is 23.5. The van der Waals surface area contributed by atoms with Crippen molar-refractivity contribution >= 4 is 45.6 Å². The molecule has 0 radical (unpaired) electrons. The average Bonchev–Trinajstić information content (AvgIpc) is 3.35. The summed E-state index contributed by atoms with van der Waals surface area (Å²) in [6, 6.07) is 14.2. The summed E-state index contributed by atoms with van der Waals surface area (Å²) >= 11 is 3.54. The maximum Gasteiger partial charge on any atom is 0.256 e. The van der Waals surface area contributed by atoms with Crippen LogP contribution in [0.15, 0.2) is 65.3 Å². The third-order valence-electron chi connectivity index (χ3n) is 6.26. The molecule has 5 rings (SSSR count). The van der Waals surface area contributed by atoms with E-state index in [0.29, 0.717) is 16.6 Å². The molecular weight excluding hydrogens is 460 g/mol. The van der Waals surface area contributed by atoms with Crippen LogP contribution in [-0.4, -0.2) is 46.2 Å². The molecule has 0 aliphatic carbocycles. The molecule has 1 aliphatic rings. The number of carbonyl (C=O) groups is 1. The fourth-order valence-electron chi connectivity index (χ4n) is 4.15. The van der Waals surface area contributed by atoms with Crippen LogP contribution < -0.4 is 5.32 Å². The van der Waals surface area contributed by atoms with Gasteiger partial charge in [0.2, 0.25) is 0 Å². The van der Waals surface area contributed by atoms with E-state index in [1.807, 2.05) is 18.3 Å². The molecule has 0 saturated carbocycles. The van der Waals surface area contributed by atoms with Gasteiger partial charge in [0.25, 0.3) is 5.91 Å². The van der Waals surface area contributed by atoms with Crippen molar-refractivity contribution in [1.29, 1.82) is 0 Å². The van der Waals surface area contributed by atoms with Crippen LogP contribution in [0.3, 0.4) is 0 Å². The lowest BCUT2D eigenvalue weighted by Gasteiger charge is -2.28. The third-order valence-corrected chi connectivity index (χ3v) is 8.56. The Morgan fingerprint density at radius 3 is 2.76 bits per heavy atom. The van der Waals surface area contributed by atoms with Gasteiger partial charge in [0.15, 0.2) is 0 Å². The lowest BCUT2D eigenvalue weighted by Crippen LogP contribution is -2.31. The molecule has 174 valence electrons. The highest BCUT2D eigenvalue weighted by atomic mass is 32.2.